The van der Waals surface area contributed by atoms with E-state index in [9.17, 15) is 4.79 Å². The Balaban J connectivity index is 1.88. The van der Waals surface area contributed by atoms with Gasteiger partial charge in [-0.1, -0.05) is 30.3 Å². The smallest absolute Gasteiger partial charge is 0.211 e. The number of rotatable bonds is 7. The van der Waals surface area contributed by atoms with Crippen molar-refractivity contribution in [3.8, 4) is 0 Å². The molecule has 1 atom stereocenters. The van der Waals surface area contributed by atoms with E-state index in [1.807, 2.05) is 6.07 Å². The van der Waals surface area contributed by atoms with Crippen molar-refractivity contribution in [1.82, 2.24) is 9.78 Å². The SMILES string of the molecule is CC(CCCc1ccccc1)n1ncc(NC=O)c1N. The van der Waals surface area contributed by atoms with Crippen molar-refractivity contribution in [2.45, 2.75) is 32.2 Å². The van der Waals surface area contributed by atoms with Crippen LogP contribution in [0.25, 0.3) is 0 Å². The second kappa shape index (κ2) is 6.75. The Kier molecular flexibility index (Phi) is 4.76. The second-order valence-electron chi connectivity index (χ2n) is 4.88. The number of carbonyl (C=O) groups excluding carboxylic acids is 1. The first-order valence-corrected chi connectivity index (χ1v) is 6.79. The monoisotopic (exact) mass is 272 g/mol. The van der Waals surface area contributed by atoms with Crippen LogP contribution >= 0.6 is 0 Å². The molecule has 1 heterocycles. The molecule has 0 radical (unpaired) electrons. The molecule has 0 saturated heterocycles. The molecule has 2 rings (SSSR count). The molecule has 0 saturated carbocycles. The van der Waals surface area contributed by atoms with Gasteiger partial charge >= 0.3 is 0 Å². The number of nitrogen functional groups attached to an aromatic ring is 1. The van der Waals surface area contributed by atoms with Gasteiger partial charge in [0, 0.05) is 0 Å². The molecule has 1 aromatic carbocycles. The molecule has 20 heavy (non-hydrogen) atoms. The van der Waals surface area contributed by atoms with Crippen LogP contribution in [0.2, 0.25) is 0 Å². The number of aromatic nitrogens is 2. The van der Waals surface area contributed by atoms with E-state index in [0.717, 1.165) is 19.3 Å². The fourth-order valence-electron chi connectivity index (χ4n) is 2.27. The molecule has 3 N–H and O–H groups in total. The number of hydrogen-bond donors (Lipinski definition) is 2. The molecule has 2 aromatic rings. The van der Waals surface area contributed by atoms with E-state index in [-0.39, 0.29) is 6.04 Å². The Bertz CT molecular complexity index is 550. The van der Waals surface area contributed by atoms with Crippen LogP contribution < -0.4 is 11.1 Å². The predicted octanol–water partition coefficient (Wildman–Crippen LogP) is 2.62. The molecule has 0 aliphatic rings. The fraction of sp³-hybridized carbons (Fsp3) is 0.333. The minimum Gasteiger partial charge on any atom is -0.382 e. The standard InChI is InChI=1S/C15H20N4O/c1-12(6-5-9-13-7-3-2-4-8-13)19-15(16)14(10-18-19)17-11-20/h2-4,7-8,10-12H,5-6,9,16H2,1H3,(H,17,20). The van der Waals surface area contributed by atoms with Gasteiger partial charge in [0.15, 0.2) is 0 Å². The van der Waals surface area contributed by atoms with Gasteiger partial charge in [0.1, 0.15) is 11.5 Å². The van der Waals surface area contributed by atoms with E-state index in [1.54, 1.807) is 10.9 Å². The van der Waals surface area contributed by atoms with E-state index < -0.39 is 0 Å². The van der Waals surface area contributed by atoms with Crippen LogP contribution in [0, 0.1) is 0 Å². The lowest BCUT2D eigenvalue weighted by Gasteiger charge is -2.14. The zero-order valence-electron chi connectivity index (χ0n) is 11.6. The Hall–Kier alpha value is -2.30. The zero-order valence-corrected chi connectivity index (χ0v) is 11.6. The largest absolute Gasteiger partial charge is 0.382 e. The highest BCUT2D eigenvalue weighted by atomic mass is 16.1. The third kappa shape index (κ3) is 3.38. The van der Waals surface area contributed by atoms with Crippen LogP contribution in [-0.2, 0) is 11.2 Å². The average molecular weight is 272 g/mol. The molecule has 0 fully saturated rings. The summed E-state index contributed by atoms with van der Waals surface area (Å²) in [5.41, 5.74) is 7.86. The Morgan fingerprint density at radius 1 is 1.40 bits per heavy atom. The normalized spacial score (nSPS) is 12.1. The van der Waals surface area contributed by atoms with E-state index in [4.69, 9.17) is 5.73 Å². The number of carbonyl (C=O) groups is 1. The number of nitrogens with one attached hydrogen (secondary N) is 1. The summed E-state index contributed by atoms with van der Waals surface area (Å²) in [6.45, 7) is 2.08. The summed E-state index contributed by atoms with van der Waals surface area (Å²) in [5, 5.41) is 6.77. The van der Waals surface area contributed by atoms with Crippen LogP contribution in [0.15, 0.2) is 36.5 Å². The van der Waals surface area contributed by atoms with Crippen LogP contribution in [0.4, 0.5) is 11.5 Å². The summed E-state index contributed by atoms with van der Waals surface area (Å²) >= 11 is 0. The lowest BCUT2D eigenvalue weighted by molar-refractivity contribution is -0.105. The van der Waals surface area contributed by atoms with Crippen molar-refractivity contribution in [1.29, 1.82) is 0 Å². The first-order chi connectivity index (χ1) is 9.72. The molecule has 0 aliphatic carbocycles. The molecular weight excluding hydrogens is 252 g/mol. The van der Waals surface area contributed by atoms with Gasteiger partial charge in [0.2, 0.25) is 6.41 Å². The Labute approximate surface area is 118 Å². The number of nitrogens with two attached hydrogens (primary N) is 1. The van der Waals surface area contributed by atoms with Crippen molar-refractivity contribution >= 4 is 17.9 Å². The van der Waals surface area contributed by atoms with Gasteiger partial charge in [-0.2, -0.15) is 5.10 Å². The number of anilines is 2. The lowest BCUT2D eigenvalue weighted by atomic mass is 10.1. The Morgan fingerprint density at radius 2 is 2.15 bits per heavy atom. The van der Waals surface area contributed by atoms with E-state index >= 15 is 0 Å². The van der Waals surface area contributed by atoms with Crippen molar-refractivity contribution in [3.63, 3.8) is 0 Å². The van der Waals surface area contributed by atoms with Gasteiger partial charge in [0.25, 0.3) is 0 Å². The van der Waals surface area contributed by atoms with Gasteiger partial charge in [0.05, 0.1) is 12.2 Å². The predicted molar refractivity (Wildman–Crippen MR) is 80.4 cm³/mol. The molecule has 0 bridgehead atoms. The molecule has 106 valence electrons. The van der Waals surface area contributed by atoms with Crippen LogP contribution in [-0.4, -0.2) is 16.2 Å². The van der Waals surface area contributed by atoms with E-state index in [2.05, 4.69) is 41.6 Å². The summed E-state index contributed by atoms with van der Waals surface area (Å²) < 4.78 is 1.76. The molecular formula is C15H20N4O. The second-order valence-corrected chi connectivity index (χ2v) is 4.88. The maximum Gasteiger partial charge on any atom is 0.211 e. The highest BCUT2D eigenvalue weighted by Crippen LogP contribution is 2.23. The van der Waals surface area contributed by atoms with Crippen LogP contribution in [0.3, 0.4) is 0 Å². The molecule has 1 unspecified atom stereocenters. The summed E-state index contributed by atoms with van der Waals surface area (Å²) in [6.07, 6.45) is 5.29. The van der Waals surface area contributed by atoms with E-state index in [1.165, 1.54) is 5.56 Å². The molecule has 0 spiro atoms. The molecule has 5 heteroatoms. The fourth-order valence-corrected chi connectivity index (χ4v) is 2.27. The first-order valence-electron chi connectivity index (χ1n) is 6.79. The molecule has 5 nitrogen and oxygen atoms in total. The maximum atomic E-state index is 10.4. The molecule has 0 aliphatic heterocycles. The van der Waals surface area contributed by atoms with Gasteiger partial charge in [-0.15, -0.1) is 0 Å². The van der Waals surface area contributed by atoms with Crippen LogP contribution in [0.5, 0.6) is 0 Å². The topological polar surface area (TPSA) is 72.9 Å². The summed E-state index contributed by atoms with van der Waals surface area (Å²) in [7, 11) is 0. The third-order valence-corrected chi connectivity index (χ3v) is 3.40. The Morgan fingerprint density at radius 3 is 2.85 bits per heavy atom. The van der Waals surface area contributed by atoms with Crippen molar-refractivity contribution in [2.75, 3.05) is 11.1 Å². The van der Waals surface area contributed by atoms with Gasteiger partial charge in [-0.3, -0.25) is 4.79 Å². The lowest BCUT2D eigenvalue weighted by Crippen LogP contribution is -2.11. The maximum absolute atomic E-state index is 10.4. The number of amides is 1. The highest BCUT2D eigenvalue weighted by Gasteiger charge is 2.12. The average Bonchev–Trinajstić information content (AvgIpc) is 2.82. The van der Waals surface area contributed by atoms with Gasteiger partial charge in [-0.25, -0.2) is 4.68 Å². The third-order valence-electron chi connectivity index (χ3n) is 3.40. The highest BCUT2D eigenvalue weighted by molar-refractivity contribution is 5.77. The summed E-state index contributed by atoms with van der Waals surface area (Å²) in [5.74, 6) is 0.504. The summed E-state index contributed by atoms with van der Waals surface area (Å²) in [6, 6.07) is 10.6. The minimum atomic E-state index is 0.209. The van der Waals surface area contributed by atoms with Crippen molar-refractivity contribution in [2.24, 2.45) is 0 Å². The quantitative estimate of drug-likeness (QED) is 0.761. The van der Waals surface area contributed by atoms with Gasteiger partial charge < -0.3 is 11.1 Å². The van der Waals surface area contributed by atoms with E-state index in [0.29, 0.717) is 17.9 Å². The molecule has 1 aromatic heterocycles. The number of nitrogens with zero attached hydrogens (tertiary/aromatic N) is 2. The van der Waals surface area contributed by atoms with Crippen LogP contribution in [0.1, 0.15) is 31.4 Å². The molecule has 1 amide bonds. The van der Waals surface area contributed by atoms with Gasteiger partial charge in [-0.05, 0) is 31.7 Å². The number of hydrogen-bond acceptors (Lipinski definition) is 3. The first kappa shape index (κ1) is 14.1. The minimum absolute atomic E-state index is 0.209. The zero-order chi connectivity index (χ0) is 14.4. The van der Waals surface area contributed by atoms with Crippen molar-refractivity contribution < 1.29 is 4.79 Å². The number of benzene rings is 1. The number of aryl methyl sites for hydroxylation is 1. The van der Waals surface area contributed by atoms with Crippen molar-refractivity contribution in [3.05, 3.63) is 42.1 Å². The summed E-state index contributed by atoms with van der Waals surface area (Å²) in [4.78, 5) is 10.4.